The quantitative estimate of drug-likeness (QED) is 0.895. The summed E-state index contributed by atoms with van der Waals surface area (Å²) in [4.78, 5) is 12.5. The van der Waals surface area contributed by atoms with Gasteiger partial charge in [0.05, 0.1) is 31.0 Å². The lowest BCUT2D eigenvalue weighted by Crippen LogP contribution is -2.43. The Kier molecular flexibility index (Phi) is 5.71. The summed E-state index contributed by atoms with van der Waals surface area (Å²) in [6.07, 6.45) is 8.66. The number of para-hydroxylation sites is 2. The third-order valence-corrected chi connectivity index (χ3v) is 4.72. The Labute approximate surface area is 147 Å². The van der Waals surface area contributed by atoms with Gasteiger partial charge in [-0.2, -0.15) is 5.10 Å². The number of rotatable bonds is 4. The lowest BCUT2D eigenvalue weighted by molar-refractivity contribution is 0.0771. The average molecular weight is 343 g/mol. The molecule has 0 aliphatic heterocycles. The van der Waals surface area contributed by atoms with Crippen molar-refractivity contribution in [2.45, 2.75) is 50.7 Å². The van der Waals surface area contributed by atoms with Crippen LogP contribution in [0.3, 0.4) is 0 Å². The monoisotopic (exact) mass is 343 g/mol. The molecule has 1 aliphatic rings. The lowest BCUT2D eigenvalue weighted by Gasteiger charge is -2.26. The molecular formula is C19H25N3O3. The van der Waals surface area contributed by atoms with Gasteiger partial charge in [-0.25, -0.2) is 4.68 Å². The number of amides is 1. The normalized spacial score (nSPS) is 21.2. The number of aromatic nitrogens is 2. The van der Waals surface area contributed by atoms with Gasteiger partial charge in [-0.15, -0.1) is 0 Å². The zero-order valence-electron chi connectivity index (χ0n) is 14.5. The molecule has 1 amide bonds. The molecule has 1 aromatic heterocycles. The van der Waals surface area contributed by atoms with Crippen molar-refractivity contribution < 1.29 is 14.6 Å². The highest BCUT2D eigenvalue weighted by molar-refractivity contribution is 5.94. The molecule has 2 atom stereocenters. The minimum atomic E-state index is -0.478. The Hall–Kier alpha value is -2.34. The van der Waals surface area contributed by atoms with Crippen molar-refractivity contribution in [2.75, 3.05) is 7.11 Å². The predicted molar refractivity (Wildman–Crippen MR) is 95.1 cm³/mol. The first-order chi connectivity index (χ1) is 12.2. The second kappa shape index (κ2) is 8.16. The number of methoxy groups -OCH3 is 1. The molecule has 1 saturated carbocycles. The number of hydrogen-bond acceptors (Lipinski definition) is 4. The van der Waals surface area contributed by atoms with Crippen molar-refractivity contribution in [3.8, 4) is 11.4 Å². The minimum absolute atomic E-state index is 0.192. The number of ether oxygens (including phenoxy) is 1. The van der Waals surface area contributed by atoms with Crippen LogP contribution in [-0.4, -0.2) is 40.0 Å². The van der Waals surface area contributed by atoms with Crippen LogP contribution in [0.15, 0.2) is 36.7 Å². The van der Waals surface area contributed by atoms with Gasteiger partial charge in [0.2, 0.25) is 0 Å². The fourth-order valence-electron chi connectivity index (χ4n) is 3.28. The van der Waals surface area contributed by atoms with Crippen molar-refractivity contribution in [3.05, 3.63) is 42.2 Å². The van der Waals surface area contributed by atoms with E-state index in [1.54, 1.807) is 18.0 Å². The third-order valence-electron chi connectivity index (χ3n) is 4.72. The number of hydrogen-bond donors (Lipinski definition) is 2. The standard InChI is InChI=1S/C19H25N3O3/c1-25-18-11-7-6-9-16(18)22-13-14(12-20-22)19(24)21-15-8-4-2-3-5-10-17(15)23/h6-7,9,11-13,15,17,23H,2-5,8,10H2,1H3,(H,21,24). The number of carbonyl (C=O) groups excluding carboxylic acids is 1. The first-order valence-electron chi connectivity index (χ1n) is 8.86. The van der Waals surface area contributed by atoms with Crippen LogP contribution >= 0.6 is 0 Å². The first kappa shape index (κ1) is 17.5. The second-order valence-corrected chi connectivity index (χ2v) is 6.48. The Morgan fingerprint density at radius 3 is 2.80 bits per heavy atom. The van der Waals surface area contributed by atoms with Crippen LogP contribution in [0, 0.1) is 0 Å². The number of nitrogens with one attached hydrogen (secondary N) is 1. The van der Waals surface area contributed by atoms with Gasteiger partial charge in [-0.05, 0) is 25.0 Å². The zero-order chi connectivity index (χ0) is 17.6. The molecule has 25 heavy (non-hydrogen) atoms. The van der Waals surface area contributed by atoms with Gasteiger partial charge in [0, 0.05) is 6.20 Å². The minimum Gasteiger partial charge on any atom is -0.494 e. The van der Waals surface area contributed by atoms with E-state index in [0.29, 0.717) is 11.3 Å². The fraction of sp³-hybridized carbons (Fsp3) is 0.474. The number of nitrogens with zero attached hydrogens (tertiary/aromatic N) is 2. The molecule has 0 saturated heterocycles. The molecule has 6 nitrogen and oxygen atoms in total. The molecule has 1 aliphatic carbocycles. The van der Waals surface area contributed by atoms with E-state index in [1.807, 2.05) is 24.3 Å². The molecule has 6 heteroatoms. The highest BCUT2D eigenvalue weighted by atomic mass is 16.5. The van der Waals surface area contributed by atoms with Crippen molar-refractivity contribution in [1.82, 2.24) is 15.1 Å². The van der Waals surface area contributed by atoms with Crippen LogP contribution in [0.25, 0.3) is 5.69 Å². The Morgan fingerprint density at radius 1 is 1.24 bits per heavy atom. The van der Waals surface area contributed by atoms with Crippen molar-refractivity contribution in [1.29, 1.82) is 0 Å². The summed E-state index contributed by atoms with van der Waals surface area (Å²) in [6.45, 7) is 0. The van der Waals surface area contributed by atoms with E-state index in [9.17, 15) is 9.90 Å². The Morgan fingerprint density at radius 2 is 2.00 bits per heavy atom. The maximum absolute atomic E-state index is 12.5. The number of carbonyl (C=O) groups is 1. The summed E-state index contributed by atoms with van der Waals surface area (Å²) in [5.74, 6) is 0.485. The molecule has 0 bridgehead atoms. The van der Waals surface area contributed by atoms with Crippen LogP contribution in [0.4, 0.5) is 0 Å². The van der Waals surface area contributed by atoms with Crippen LogP contribution in [-0.2, 0) is 0 Å². The maximum atomic E-state index is 12.5. The second-order valence-electron chi connectivity index (χ2n) is 6.48. The van der Waals surface area contributed by atoms with Gasteiger partial charge in [0.1, 0.15) is 11.4 Å². The van der Waals surface area contributed by atoms with E-state index in [0.717, 1.165) is 44.2 Å². The van der Waals surface area contributed by atoms with Gasteiger partial charge in [-0.3, -0.25) is 4.79 Å². The largest absolute Gasteiger partial charge is 0.494 e. The molecule has 3 rings (SSSR count). The van der Waals surface area contributed by atoms with Gasteiger partial charge >= 0.3 is 0 Å². The van der Waals surface area contributed by atoms with Crippen LogP contribution in [0.2, 0.25) is 0 Å². The number of aliphatic hydroxyl groups excluding tert-OH is 1. The maximum Gasteiger partial charge on any atom is 0.254 e. The van der Waals surface area contributed by atoms with Gasteiger partial charge in [-0.1, -0.05) is 37.8 Å². The third kappa shape index (κ3) is 4.20. The number of aliphatic hydroxyl groups is 1. The predicted octanol–water partition coefficient (Wildman–Crippen LogP) is 2.69. The van der Waals surface area contributed by atoms with E-state index in [2.05, 4.69) is 10.4 Å². The van der Waals surface area contributed by atoms with Crippen LogP contribution < -0.4 is 10.1 Å². The van der Waals surface area contributed by atoms with E-state index in [-0.39, 0.29) is 11.9 Å². The molecular weight excluding hydrogens is 318 g/mol. The van der Waals surface area contributed by atoms with Crippen molar-refractivity contribution >= 4 is 5.91 Å². The van der Waals surface area contributed by atoms with Crippen molar-refractivity contribution in [2.24, 2.45) is 0 Å². The van der Waals surface area contributed by atoms with Gasteiger partial charge in [0.25, 0.3) is 5.91 Å². The highest BCUT2D eigenvalue weighted by Gasteiger charge is 2.23. The summed E-state index contributed by atoms with van der Waals surface area (Å²) in [5, 5.41) is 17.5. The van der Waals surface area contributed by atoms with Gasteiger partial charge < -0.3 is 15.2 Å². The van der Waals surface area contributed by atoms with Crippen molar-refractivity contribution in [3.63, 3.8) is 0 Å². The Balaban J connectivity index is 1.72. The van der Waals surface area contributed by atoms with E-state index >= 15 is 0 Å². The summed E-state index contributed by atoms with van der Waals surface area (Å²) in [6, 6.07) is 7.32. The van der Waals surface area contributed by atoms with Crippen LogP contribution in [0.5, 0.6) is 5.75 Å². The molecule has 2 unspecified atom stereocenters. The highest BCUT2D eigenvalue weighted by Crippen LogP contribution is 2.22. The molecule has 1 fully saturated rings. The zero-order valence-corrected chi connectivity index (χ0v) is 14.5. The summed E-state index contributed by atoms with van der Waals surface area (Å²) in [5.41, 5.74) is 1.25. The van der Waals surface area contributed by atoms with E-state index in [4.69, 9.17) is 4.74 Å². The molecule has 134 valence electrons. The fourth-order valence-corrected chi connectivity index (χ4v) is 3.28. The first-order valence-corrected chi connectivity index (χ1v) is 8.86. The smallest absolute Gasteiger partial charge is 0.254 e. The van der Waals surface area contributed by atoms with Crippen LogP contribution in [0.1, 0.15) is 48.9 Å². The van der Waals surface area contributed by atoms with Gasteiger partial charge in [0.15, 0.2) is 0 Å². The number of benzene rings is 1. The molecule has 2 aromatic rings. The van der Waals surface area contributed by atoms with E-state index in [1.165, 1.54) is 6.20 Å². The molecule has 0 radical (unpaired) electrons. The average Bonchev–Trinajstić information content (AvgIpc) is 3.11. The lowest BCUT2D eigenvalue weighted by atomic mass is 9.94. The molecule has 1 aromatic carbocycles. The summed E-state index contributed by atoms with van der Waals surface area (Å²) in [7, 11) is 1.60. The molecule has 2 N–H and O–H groups in total. The topological polar surface area (TPSA) is 76.4 Å². The molecule has 0 spiro atoms. The SMILES string of the molecule is COc1ccccc1-n1cc(C(=O)NC2CCCCCCC2O)cn1. The van der Waals surface area contributed by atoms with E-state index < -0.39 is 6.10 Å². The summed E-state index contributed by atoms with van der Waals surface area (Å²) >= 11 is 0. The molecule has 1 heterocycles. The Bertz CT molecular complexity index is 713. The summed E-state index contributed by atoms with van der Waals surface area (Å²) < 4.78 is 6.96.